The summed E-state index contributed by atoms with van der Waals surface area (Å²) in [6.07, 6.45) is 2.69. The van der Waals surface area contributed by atoms with E-state index in [2.05, 4.69) is 4.98 Å². The van der Waals surface area contributed by atoms with E-state index in [0.29, 0.717) is 48.6 Å². The fraction of sp³-hybridized carbons (Fsp3) is 0.263. The Labute approximate surface area is 153 Å². The molecular formula is C19H17F2N3O3. The van der Waals surface area contributed by atoms with Crippen molar-refractivity contribution in [2.24, 2.45) is 0 Å². The van der Waals surface area contributed by atoms with Crippen LogP contribution in [0, 0.1) is 18.7 Å². The van der Waals surface area contributed by atoms with Crippen LogP contribution in [0.15, 0.2) is 30.6 Å². The number of aromatic nitrogens is 2. The standard InChI is InChI=1S/C19H17F2N3O3/c1-11-6-15(20)14(19(25)26)8-13(11)12-7-16(23-2-4-27-5-3-23)18-22-9-17(21)24(18)10-12/h6-10H,2-5H2,1H3,(H,25,26). The number of rotatable bonds is 3. The van der Waals surface area contributed by atoms with Gasteiger partial charge in [-0.3, -0.25) is 4.40 Å². The second-order valence-electron chi connectivity index (χ2n) is 6.44. The van der Waals surface area contributed by atoms with Gasteiger partial charge in [0.1, 0.15) is 5.82 Å². The first-order valence-corrected chi connectivity index (χ1v) is 8.49. The molecule has 0 radical (unpaired) electrons. The minimum Gasteiger partial charge on any atom is -0.478 e. The van der Waals surface area contributed by atoms with Crippen molar-refractivity contribution in [3.05, 3.63) is 53.5 Å². The number of carbonyl (C=O) groups is 1. The van der Waals surface area contributed by atoms with Crippen molar-refractivity contribution in [3.8, 4) is 11.1 Å². The lowest BCUT2D eigenvalue weighted by molar-refractivity contribution is 0.0692. The average Bonchev–Trinajstić information content (AvgIpc) is 3.02. The minimum atomic E-state index is -1.35. The lowest BCUT2D eigenvalue weighted by Gasteiger charge is -2.29. The lowest BCUT2D eigenvalue weighted by Crippen LogP contribution is -2.36. The molecule has 0 saturated carbocycles. The van der Waals surface area contributed by atoms with Crippen molar-refractivity contribution >= 4 is 17.3 Å². The Morgan fingerprint density at radius 3 is 2.67 bits per heavy atom. The molecule has 1 aliphatic heterocycles. The molecule has 3 aromatic rings. The molecule has 1 saturated heterocycles. The van der Waals surface area contributed by atoms with Crippen molar-refractivity contribution in [1.29, 1.82) is 0 Å². The van der Waals surface area contributed by atoms with E-state index < -0.39 is 23.3 Å². The number of morpholine rings is 1. The lowest BCUT2D eigenvalue weighted by atomic mass is 9.98. The van der Waals surface area contributed by atoms with E-state index in [4.69, 9.17) is 4.74 Å². The van der Waals surface area contributed by atoms with Crippen LogP contribution in [0.1, 0.15) is 15.9 Å². The zero-order valence-electron chi connectivity index (χ0n) is 14.6. The zero-order chi connectivity index (χ0) is 19.1. The molecule has 1 aliphatic rings. The molecule has 4 rings (SSSR count). The first-order chi connectivity index (χ1) is 13.0. The summed E-state index contributed by atoms with van der Waals surface area (Å²) in [4.78, 5) is 17.5. The third-order valence-electron chi connectivity index (χ3n) is 4.75. The molecule has 2 aromatic heterocycles. The number of hydrogen-bond donors (Lipinski definition) is 1. The molecule has 3 heterocycles. The Bertz CT molecular complexity index is 1040. The number of hydrogen-bond acceptors (Lipinski definition) is 4. The highest BCUT2D eigenvalue weighted by atomic mass is 19.1. The van der Waals surface area contributed by atoms with E-state index in [-0.39, 0.29) is 0 Å². The van der Waals surface area contributed by atoms with Gasteiger partial charge in [-0.2, -0.15) is 4.39 Å². The number of aromatic carboxylic acids is 1. The molecule has 0 spiro atoms. The molecule has 0 bridgehead atoms. The maximum absolute atomic E-state index is 14.3. The summed E-state index contributed by atoms with van der Waals surface area (Å²) in [7, 11) is 0. The van der Waals surface area contributed by atoms with E-state index >= 15 is 0 Å². The fourth-order valence-electron chi connectivity index (χ4n) is 3.37. The number of benzene rings is 1. The van der Waals surface area contributed by atoms with E-state index in [1.54, 1.807) is 13.1 Å². The van der Waals surface area contributed by atoms with E-state index in [0.717, 1.165) is 11.9 Å². The molecule has 1 N–H and O–H groups in total. The number of ether oxygens (including phenoxy) is 1. The Morgan fingerprint density at radius 1 is 1.22 bits per heavy atom. The van der Waals surface area contributed by atoms with Crippen LogP contribution in [0.3, 0.4) is 0 Å². The first-order valence-electron chi connectivity index (χ1n) is 8.49. The summed E-state index contributed by atoms with van der Waals surface area (Å²) in [5, 5.41) is 9.23. The molecule has 1 fully saturated rings. The molecule has 0 unspecified atom stereocenters. The van der Waals surface area contributed by atoms with Gasteiger partial charge >= 0.3 is 5.97 Å². The molecule has 1 aromatic carbocycles. The summed E-state index contributed by atoms with van der Waals surface area (Å²) >= 11 is 0. The first kappa shape index (κ1) is 17.4. The average molecular weight is 373 g/mol. The van der Waals surface area contributed by atoms with E-state index in [1.165, 1.54) is 16.5 Å². The second kappa shape index (κ2) is 6.62. The minimum absolute atomic E-state index is 0.422. The second-order valence-corrected chi connectivity index (χ2v) is 6.44. The van der Waals surface area contributed by atoms with Crippen molar-refractivity contribution < 1.29 is 23.4 Å². The number of anilines is 1. The fourth-order valence-corrected chi connectivity index (χ4v) is 3.37. The Kier molecular flexibility index (Phi) is 4.27. The van der Waals surface area contributed by atoms with Gasteiger partial charge in [-0.25, -0.2) is 14.2 Å². The molecular weight excluding hydrogens is 356 g/mol. The van der Waals surface area contributed by atoms with Crippen LogP contribution in [0.5, 0.6) is 0 Å². The molecule has 27 heavy (non-hydrogen) atoms. The van der Waals surface area contributed by atoms with Crippen LogP contribution in [-0.4, -0.2) is 46.8 Å². The number of carboxylic acids is 1. The molecule has 0 aliphatic carbocycles. The highest BCUT2D eigenvalue weighted by Crippen LogP contribution is 2.32. The Hall–Kier alpha value is -3.00. The predicted molar refractivity (Wildman–Crippen MR) is 95.3 cm³/mol. The van der Waals surface area contributed by atoms with Gasteiger partial charge in [0.25, 0.3) is 0 Å². The topological polar surface area (TPSA) is 67.1 Å². The number of carboxylic acid groups (broad SMARTS) is 1. The van der Waals surface area contributed by atoms with Crippen LogP contribution in [0.2, 0.25) is 0 Å². The van der Waals surface area contributed by atoms with Crippen LogP contribution in [-0.2, 0) is 4.74 Å². The maximum atomic E-state index is 14.3. The van der Waals surface area contributed by atoms with Gasteiger partial charge in [0.15, 0.2) is 5.65 Å². The monoisotopic (exact) mass is 373 g/mol. The number of aryl methyl sites for hydroxylation is 1. The largest absolute Gasteiger partial charge is 0.478 e. The van der Waals surface area contributed by atoms with Gasteiger partial charge in [0, 0.05) is 24.8 Å². The van der Waals surface area contributed by atoms with Crippen molar-refractivity contribution in [3.63, 3.8) is 0 Å². The van der Waals surface area contributed by atoms with Gasteiger partial charge in [0.05, 0.1) is 30.7 Å². The number of nitrogens with zero attached hydrogens (tertiary/aromatic N) is 3. The van der Waals surface area contributed by atoms with Crippen molar-refractivity contribution in [1.82, 2.24) is 9.38 Å². The summed E-state index contributed by atoms with van der Waals surface area (Å²) in [6, 6.07) is 4.30. The third-order valence-corrected chi connectivity index (χ3v) is 4.75. The van der Waals surface area contributed by atoms with Gasteiger partial charge in [-0.15, -0.1) is 0 Å². The van der Waals surface area contributed by atoms with E-state index in [1.807, 2.05) is 11.0 Å². The normalized spacial score (nSPS) is 14.7. The van der Waals surface area contributed by atoms with Gasteiger partial charge in [-0.05, 0) is 36.2 Å². The predicted octanol–water partition coefficient (Wildman–Crippen LogP) is 3.12. The van der Waals surface area contributed by atoms with Gasteiger partial charge in [0.2, 0.25) is 5.95 Å². The molecule has 0 amide bonds. The summed E-state index contributed by atoms with van der Waals surface area (Å²) < 4.78 is 34.9. The van der Waals surface area contributed by atoms with Gasteiger partial charge in [-0.1, -0.05) is 0 Å². The van der Waals surface area contributed by atoms with Crippen LogP contribution >= 0.6 is 0 Å². The molecule has 140 valence electrons. The van der Waals surface area contributed by atoms with Crippen LogP contribution in [0.25, 0.3) is 16.8 Å². The molecule has 0 atom stereocenters. The number of halogens is 2. The number of fused-ring (bicyclic) bond motifs is 1. The van der Waals surface area contributed by atoms with Crippen molar-refractivity contribution in [2.75, 3.05) is 31.2 Å². The Morgan fingerprint density at radius 2 is 1.96 bits per heavy atom. The van der Waals surface area contributed by atoms with Crippen LogP contribution in [0.4, 0.5) is 14.5 Å². The third kappa shape index (κ3) is 3.02. The van der Waals surface area contributed by atoms with E-state index in [9.17, 15) is 18.7 Å². The maximum Gasteiger partial charge on any atom is 0.338 e. The van der Waals surface area contributed by atoms with Crippen LogP contribution < -0.4 is 4.90 Å². The molecule has 6 nitrogen and oxygen atoms in total. The SMILES string of the molecule is Cc1cc(F)c(C(=O)O)cc1-c1cc(N2CCOCC2)c2ncc(F)n2c1. The summed E-state index contributed by atoms with van der Waals surface area (Å²) in [6.45, 7) is 4.07. The summed E-state index contributed by atoms with van der Waals surface area (Å²) in [5.74, 6) is -2.68. The number of imidazole rings is 1. The number of pyridine rings is 1. The smallest absolute Gasteiger partial charge is 0.338 e. The highest BCUT2D eigenvalue weighted by Gasteiger charge is 2.20. The van der Waals surface area contributed by atoms with Crippen molar-refractivity contribution in [2.45, 2.75) is 6.92 Å². The van der Waals surface area contributed by atoms with Gasteiger partial charge < -0.3 is 14.7 Å². The Balaban J connectivity index is 1.93. The summed E-state index contributed by atoms with van der Waals surface area (Å²) in [5.41, 5.74) is 2.44. The highest BCUT2D eigenvalue weighted by molar-refractivity contribution is 5.90. The molecule has 8 heteroatoms. The quantitative estimate of drug-likeness (QED) is 0.764. The zero-order valence-corrected chi connectivity index (χ0v) is 14.6.